The van der Waals surface area contributed by atoms with Gasteiger partial charge < -0.3 is 14.3 Å². The molecule has 0 radical (unpaired) electrons. The average molecular weight is 346 g/mol. The Morgan fingerprint density at radius 1 is 1.38 bits per heavy atom. The molecule has 0 aliphatic rings. The SMILES string of the molecule is Cn1cc(Br)cc1C(=O)Nc1cccc(-c2cnco2)c1. The van der Waals surface area contributed by atoms with Crippen LogP contribution >= 0.6 is 15.9 Å². The summed E-state index contributed by atoms with van der Waals surface area (Å²) in [4.78, 5) is 16.1. The molecule has 0 aliphatic carbocycles. The summed E-state index contributed by atoms with van der Waals surface area (Å²) in [6.07, 6.45) is 4.84. The van der Waals surface area contributed by atoms with E-state index in [2.05, 4.69) is 26.2 Å². The Morgan fingerprint density at radius 2 is 2.24 bits per heavy atom. The minimum absolute atomic E-state index is 0.169. The van der Waals surface area contributed by atoms with Gasteiger partial charge in [0.15, 0.2) is 12.2 Å². The molecule has 2 heterocycles. The standard InChI is InChI=1S/C15H12BrN3O2/c1-19-8-11(16)6-13(19)15(20)18-12-4-2-3-10(5-12)14-7-17-9-21-14/h2-9H,1H3,(H,18,20). The number of nitrogens with zero attached hydrogens (tertiary/aromatic N) is 2. The maximum absolute atomic E-state index is 12.3. The number of benzene rings is 1. The largest absolute Gasteiger partial charge is 0.444 e. The van der Waals surface area contributed by atoms with Crippen molar-refractivity contribution in [2.45, 2.75) is 0 Å². The fraction of sp³-hybridized carbons (Fsp3) is 0.0667. The summed E-state index contributed by atoms with van der Waals surface area (Å²) in [7, 11) is 1.82. The van der Waals surface area contributed by atoms with Gasteiger partial charge in [0.25, 0.3) is 5.91 Å². The van der Waals surface area contributed by atoms with Crippen LogP contribution in [0.15, 0.2) is 58.0 Å². The summed E-state index contributed by atoms with van der Waals surface area (Å²) in [6.45, 7) is 0. The van der Waals surface area contributed by atoms with Gasteiger partial charge in [0, 0.05) is 29.0 Å². The smallest absolute Gasteiger partial charge is 0.272 e. The molecule has 1 amide bonds. The summed E-state index contributed by atoms with van der Waals surface area (Å²) in [6, 6.07) is 9.20. The van der Waals surface area contributed by atoms with Crippen molar-refractivity contribution in [2.24, 2.45) is 7.05 Å². The van der Waals surface area contributed by atoms with Crippen LogP contribution < -0.4 is 5.32 Å². The molecule has 3 aromatic rings. The van der Waals surface area contributed by atoms with E-state index in [-0.39, 0.29) is 5.91 Å². The lowest BCUT2D eigenvalue weighted by atomic mass is 10.1. The van der Waals surface area contributed by atoms with E-state index >= 15 is 0 Å². The molecule has 21 heavy (non-hydrogen) atoms. The minimum atomic E-state index is -0.169. The first-order valence-electron chi connectivity index (χ1n) is 6.25. The number of rotatable bonds is 3. The molecular formula is C15H12BrN3O2. The highest BCUT2D eigenvalue weighted by molar-refractivity contribution is 9.10. The summed E-state index contributed by atoms with van der Waals surface area (Å²) in [5.74, 6) is 0.491. The van der Waals surface area contributed by atoms with E-state index in [1.807, 2.05) is 37.5 Å². The van der Waals surface area contributed by atoms with E-state index < -0.39 is 0 Å². The van der Waals surface area contributed by atoms with Crippen molar-refractivity contribution in [3.05, 3.63) is 59.3 Å². The molecule has 0 saturated heterocycles. The third-order valence-corrected chi connectivity index (χ3v) is 3.48. The van der Waals surface area contributed by atoms with Crippen LogP contribution in [0.25, 0.3) is 11.3 Å². The zero-order chi connectivity index (χ0) is 14.8. The number of aromatic nitrogens is 2. The Kier molecular flexibility index (Phi) is 3.62. The second kappa shape index (κ2) is 5.57. The summed E-state index contributed by atoms with van der Waals surface area (Å²) < 4.78 is 7.88. The van der Waals surface area contributed by atoms with Gasteiger partial charge in [-0.05, 0) is 34.1 Å². The van der Waals surface area contributed by atoms with Crippen molar-refractivity contribution in [3.8, 4) is 11.3 Å². The second-order valence-corrected chi connectivity index (χ2v) is 5.47. The first-order valence-corrected chi connectivity index (χ1v) is 7.05. The van der Waals surface area contributed by atoms with Crippen LogP contribution in [0.4, 0.5) is 5.69 Å². The van der Waals surface area contributed by atoms with Crippen LogP contribution in [0.1, 0.15) is 10.5 Å². The van der Waals surface area contributed by atoms with Crippen LogP contribution in [-0.2, 0) is 7.05 Å². The van der Waals surface area contributed by atoms with Gasteiger partial charge in [-0.25, -0.2) is 4.98 Å². The number of nitrogens with one attached hydrogen (secondary N) is 1. The van der Waals surface area contributed by atoms with E-state index in [1.165, 1.54) is 6.39 Å². The number of hydrogen-bond acceptors (Lipinski definition) is 3. The zero-order valence-corrected chi connectivity index (χ0v) is 12.8. The van der Waals surface area contributed by atoms with Gasteiger partial charge in [0.1, 0.15) is 5.69 Å². The molecule has 0 saturated carbocycles. The Balaban J connectivity index is 1.84. The molecule has 2 aromatic heterocycles. The van der Waals surface area contributed by atoms with Gasteiger partial charge in [-0.2, -0.15) is 0 Å². The lowest BCUT2D eigenvalue weighted by Gasteiger charge is -2.07. The summed E-state index contributed by atoms with van der Waals surface area (Å²) in [5.41, 5.74) is 2.14. The second-order valence-electron chi connectivity index (χ2n) is 4.56. The molecule has 106 valence electrons. The van der Waals surface area contributed by atoms with Gasteiger partial charge in [-0.15, -0.1) is 0 Å². The molecule has 0 spiro atoms. The first kappa shape index (κ1) is 13.6. The van der Waals surface area contributed by atoms with Crippen molar-refractivity contribution in [1.82, 2.24) is 9.55 Å². The van der Waals surface area contributed by atoms with Crippen LogP contribution in [-0.4, -0.2) is 15.5 Å². The monoisotopic (exact) mass is 345 g/mol. The third-order valence-electron chi connectivity index (χ3n) is 3.04. The van der Waals surface area contributed by atoms with Crippen molar-refractivity contribution in [3.63, 3.8) is 0 Å². The number of aryl methyl sites for hydroxylation is 1. The molecule has 1 N–H and O–H groups in total. The number of halogens is 1. The quantitative estimate of drug-likeness (QED) is 0.787. The van der Waals surface area contributed by atoms with E-state index in [4.69, 9.17) is 4.42 Å². The molecule has 1 aromatic carbocycles. The molecular weight excluding hydrogens is 334 g/mol. The maximum atomic E-state index is 12.3. The molecule has 0 unspecified atom stereocenters. The topological polar surface area (TPSA) is 60.1 Å². The summed E-state index contributed by atoms with van der Waals surface area (Å²) >= 11 is 3.35. The Hall–Kier alpha value is -2.34. The molecule has 5 nitrogen and oxygen atoms in total. The Bertz CT molecular complexity index is 778. The lowest BCUT2D eigenvalue weighted by molar-refractivity contribution is 0.101. The van der Waals surface area contributed by atoms with Crippen molar-refractivity contribution >= 4 is 27.5 Å². The van der Waals surface area contributed by atoms with Gasteiger partial charge in [0.05, 0.1) is 6.20 Å². The predicted molar refractivity (Wildman–Crippen MR) is 83.0 cm³/mol. The number of carbonyl (C=O) groups is 1. The number of carbonyl (C=O) groups excluding carboxylic acids is 1. The van der Waals surface area contributed by atoms with Gasteiger partial charge in [0.2, 0.25) is 0 Å². The molecule has 3 rings (SSSR count). The van der Waals surface area contributed by atoms with Gasteiger partial charge >= 0.3 is 0 Å². The first-order chi connectivity index (χ1) is 10.1. The fourth-order valence-corrected chi connectivity index (χ4v) is 2.58. The van der Waals surface area contributed by atoms with Crippen molar-refractivity contribution in [2.75, 3.05) is 5.32 Å². The van der Waals surface area contributed by atoms with E-state index in [1.54, 1.807) is 16.8 Å². The molecule has 0 bridgehead atoms. The highest BCUT2D eigenvalue weighted by Gasteiger charge is 2.12. The van der Waals surface area contributed by atoms with Crippen molar-refractivity contribution < 1.29 is 9.21 Å². The van der Waals surface area contributed by atoms with E-state index in [0.717, 1.165) is 10.0 Å². The lowest BCUT2D eigenvalue weighted by Crippen LogP contribution is -2.15. The maximum Gasteiger partial charge on any atom is 0.272 e. The number of anilines is 1. The normalized spacial score (nSPS) is 10.6. The Labute approximate surface area is 129 Å². The molecule has 6 heteroatoms. The minimum Gasteiger partial charge on any atom is -0.444 e. The molecule has 0 aliphatic heterocycles. The third kappa shape index (κ3) is 2.90. The van der Waals surface area contributed by atoms with E-state index in [9.17, 15) is 4.79 Å². The number of amides is 1. The summed E-state index contributed by atoms with van der Waals surface area (Å²) in [5, 5.41) is 2.87. The van der Waals surface area contributed by atoms with Gasteiger partial charge in [-0.3, -0.25) is 4.79 Å². The predicted octanol–water partition coefficient (Wildman–Crippen LogP) is 3.69. The van der Waals surface area contributed by atoms with Gasteiger partial charge in [-0.1, -0.05) is 12.1 Å². The fourth-order valence-electron chi connectivity index (χ4n) is 2.05. The number of hydrogen-bond donors (Lipinski definition) is 1. The van der Waals surface area contributed by atoms with Crippen LogP contribution in [0.2, 0.25) is 0 Å². The highest BCUT2D eigenvalue weighted by atomic mass is 79.9. The van der Waals surface area contributed by atoms with E-state index in [0.29, 0.717) is 17.1 Å². The Morgan fingerprint density at radius 3 is 2.90 bits per heavy atom. The van der Waals surface area contributed by atoms with Crippen LogP contribution in [0, 0.1) is 0 Å². The van der Waals surface area contributed by atoms with Crippen LogP contribution in [0.3, 0.4) is 0 Å². The molecule has 0 atom stereocenters. The van der Waals surface area contributed by atoms with Crippen LogP contribution in [0.5, 0.6) is 0 Å². The van der Waals surface area contributed by atoms with Crippen molar-refractivity contribution in [1.29, 1.82) is 0 Å². The molecule has 0 fully saturated rings. The number of oxazole rings is 1. The average Bonchev–Trinajstić information content (AvgIpc) is 3.08. The highest BCUT2D eigenvalue weighted by Crippen LogP contribution is 2.23. The zero-order valence-electron chi connectivity index (χ0n) is 11.2.